The lowest BCUT2D eigenvalue weighted by Crippen LogP contribution is -2.06. The zero-order chi connectivity index (χ0) is 34.7. The number of ether oxygens (including phenoxy) is 2. The smallest absolute Gasteiger partial charge is 0.325 e. The molecule has 0 atom stereocenters. The number of methoxy groups -OCH3 is 2. The molecule has 0 saturated carbocycles. The number of halogens is 2. The van der Waals surface area contributed by atoms with E-state index in [4.69, 9.17) is 32.7 Å². The lowest BCUT2D eigenvalue weighted by atomic mass is 9.95. The highest BCUT2D eigenvalue weighted by atomic mass is 35.5. The second-order valence-electron chi connectivity index (χ2n) is 11.1. The molecular weight excluding hydrogens is 674 g/mol. The number of hydrogen-bond donors (Lipinski definition) is 4. The van der Waals surface area contributed by atoms with Crippen LogP contribution >= 0.6 is 30.8 Å². The van der Waals surface area contributed by atoms with Crippen LogP contribution in [0, 0.1) is 13.8 Å². The van der Waals surface area contributed by atoms with Crippen LogP contribution < -0.4 is 9.47 Å². The Labute approximate surface area is 287 Å². The first-order chi connectivity index (χ1) is 22.8. The van der Waals surface area contributed by atoms with Crippen LogP contribution in [0.1, 0.15) is 48.8 Å². The molecule has 0 spiro atoms. The number of aryl methyl sites for hydroxylation is 3. The van der Waals surface area contributed by atoms with Gasteiger partial charge in [0.2, 0.25) is 0 Å². The van der Waals surface area contributed by atoms with Crippen molar-refractivity contribution in [2.24, 2.45) is 0 Å². The van der Waals surface area contributed by atoms with Gasteiger partial charge in [0.05, 0.1) is 42.4 Å². The SMILES string of the molecule is COc1ccc2[nH]c(C)c(CCP(=O)(O)O)c2c1C(=O)c1ccc(Cl)cc1.COc1cccc2[nH]c(C)c(C(=O)c3ccc(Cl)cc3)c12. The number of nitrogens with one attached hydrogen (secondary N) is 2. The molecule has 0 saturated heterocycles. The van der Waals surface area contributed by atoms with Crippen molar-refractivity contribution in [1.29, 1.82) is 0 Å². The largest absolute Gasteiger partial charge is 0.496 e. The first-order valence-electron chi connectivity index (χ1n) is 14.8. The van der Waals surface area contributed by atoms with Gasteiger partial charge in [0.15, 0.2) is 11.6 Å². The third kappa shape index (κ3) is 7.36. The number of benzene rings is 4. The van der Waals surface area contributed by atoms with E-state index in [2.05, 4.69) is 9.97 Å². The predicted molar refractivity (Wildman–Crippen MR) is 190 cm³/mol. The number of aromatic nitrogens is 2. The highest BCUT2D eigenvalue weighted by Gasteiger charge is 2.25. The summed E-state index contributed by atoms with van der Waals surface area (Å²) in [5, 5.41) is 2.58. The van der Waals surface area contributed by atoms with Gasteiger partial charge in [0.25, 0.3) is 0 Å². The molecule has 2 aromatic heterocycles. The van der Waals surface area contributed by atoms with Gasteiger partial charge in [-0.15, -0.1) is 0 Å². The molecule has 0 radical (unpaired) electrons. The monoisotopic (exact) mass is 706 g/mol. The molecule has 0 bridgehead atoms. The molecule has 0 fully saturated rings. The number of ketones is 2. The van der Waals surface area contributed by atoms with Crippen molar-refractivity contribution in [1.82, 2.24) is 9.97 Å². The minimum absolute atomic E-state index is 0.0417. The highest BCUT2D eigenvalue weighted by molar-refractivity contribution is 7.51. The van der Waals surface area contributed by atoms with Gasteiger partial charge in [-0.3, -0.25) is 14.2 Å². The Kier molecular flexibility index (Phi) is 10.5. The second kappa shape index (κ2) is 14.4. The van der Waals surface area contributed by atoms with Crippen LogP contribution in [0.4, 0.5) is 0 Å². The van der Waals surface area contributed by atoms with E-state index >= 15 is 0 Å². The topological polar surface area (TPSA) is 142 Å². The number of hydrogen-bond acceptors (Lipinski definition) is 5. The molecule has 6 aromatic rings. The summed E-state index contributed by atoms with van der Waals surface area (Å²) in [6.45, 7) is 3.71. The van der Waals surface area contributed by atoms with Crippen molar-refractivity contribution in [3.05, 3.63) is 128 Å². The third-order valence-corrected chi connectivity index (χ3v) is 9.29. The lowest BCUT2D eigenvalue weighted by Gasteiger charge is -2.12. The zero-order valence-corrected chi connectivity index (χ0v) is 29.0. The normalized spacial score (nSPS) is 11.3. The minimum Gasteiger partial charge on any atom is -0.496 e. The van der Waals surface area contributed by atoms with E-state index in [1.165, 1.54) is 7.11 Å². The molecule has 2 heterocycles. The van der Waals surface area contributed by atoms with Gasteiger partial charge in [-0.25, -0.2) is 0 Å². The fourth-order valence-corrected chi connectivity index (χ4v) is 6.49. The van der Waals surface area contributed by atoms with Crippen LogP contribution in [0.5, 0.6) is 11.5 Å². The number of rotatable bonds is 9. The Morgan fingerprint density at radius 2 is 1.21 bits per heavy atom. The fraction of sp³-hybridized carbons (Fsp3) is 0.167. The highest BCUT2D eigenvalue weighted by Crippen LogP contribution is 2.39. The fourth-order valence-electron chi connectivity index (χ4n) is 5.72. The van der Waals surface area contributed by atoms with Gasteiger partial charge < -0.3 is 29.2 Å². The first-order valence-corrected chi connectivity index (χ1v) is 17.4. The van der Waals surface area contributed by atoms with Gasteiger partial charge in [0, 0.05) is 43.5 Å². The van der Waals surface area contributed by atoms with E-state index in [1.54, 1.807) is 67.8 Å². The van der Waals surface area contributed by atoms with Gasteiger partial charge >= 0.3 is 7.60 Å². The molecule has 6 rings (SSSR count). The van der Waals surface area contributed by atoms with Gasteiger partial charge in [-0.05, 0) is 98.6 Å². The van der Waals surface area contributed by atoms with Gasteiger partial charge in [-0.2, -0.15) is 0 Å². The van der Waals surface area contributed by atoms with Crippen LogP contribution in [0.25, 0.3) is 21.8 Å². The van der Waals surface area contributed by atoms with E-state index in [0.29, 0.717) is 60.3 Å². The summed E-state index contributed by atoms with van der Waals surface area (Å²) in [6, 6.07) is 22.6. The third-order valence-electron chi connectivity index (χ3n) is 7.98. The lowest BCUT2D eigenvalue weighted by molar-refractivity contribution is 0.103. The molecule has 48 heavy (non-hydrogen) atoms. The van der Waals surface area contributed by atoms with E-state index in [0.717, 1.165) is 22.3 Å². The molecule has 0 aliphatic rings. The molecule has 9 nitrogen and oxygen atoms in total. The Morgan fingerprint density at radius 1 is 0.688 bits per heavy atom. The molecule has 0 unspecified atom stereocenters. The Balaban J connectivity index is 0.000000194. The summed E-state index contributed by atoms with van der Waals surface area (Å²) < 4.78 is 22.2. The Morgan fingerprint density at radius 3 is 1.75 bits per heavy atom. The average molecular weight is 708 g/mol. The Hall–Kier alpha value is -4.37. The summed E-state index contributed by atoms with van der Waals surface area (Å²) in [5.41, 5.74) is 5.96. The predicted octanol–water partition coefficient (Wildman–Crippen LogP) is 8.46. The van der Waals surface area contributed by atoms with E-state index in [1.807, 2.05) is 32.0 Å². The number of aromatic amines is 2. The minimum atomic E-state index is -4.17. The standard InChI is InChI=1S/C19H19ClNO5P.C17H14ClNO2/c1-11-14(9-10-27(23,24)25)17-15(21-11)7-8-16(26-2)18(17)19(22)12-3-5-13(20)6-4-12;1-10-15(17(20)11-6-8-12(18)9-7-11)16-13(19-10)4-3-5-14(16)21-2/h3-8,21H,9-10H2,1-2H3,(H2,23,24,25);3-9,19H,1-2H3. The van der Waals surface area contributed by atoms with Crippen molar-refractivity contribution in [2.75, 3.05) is 20.4 Å². The number of carbonyl (C=O) groups is 2. The number of H-pyrrole nitrogens is 2. The molecule has 4 N–H and O–H groups in total. The number of carbonyl (C=O) groups excluding carboxylic acids is 2. The molecule has 12 heteroatoms. The van der Waals surface area contributed by atoms with Crippen LogP contribution in [0.2, 0.25) is 10.0 Å². The Bertz CT molecular complexity index is 2180. The summed E-state index contributed by atoms with van der Waals surface area (Å²) in [7, 11) is -1.08. The van der Waals surface area contributed by atoms with Crippen LogP contribution in [0.15, 0.2) is 78.9 Å². The molecule has 0 amide bonds. The maximum atomic E-state index is 13.2. The van der Waals surface area contributed by atoms with Crippen molar-refractivity contribution in [3.8, 4) is 11.5 Å². The quantitative estimate of drug-likeness (QED) is 0.0873. The van der Waals surface area contributed by atoms with Crippen molar-refractivity contribution >= 4 is 64.2 Å². The second-order valence-corrected chi connectivity index (χ2v) is 13.8. The maximum absolute atomic E-state index is 13.2. The van der Waals surface area contributed by atoms with Crippen LogP contribution in [-0.4, -0.2) is 51.7 Å². The summed E-state index contributed by atoms with van der Waals surface area (Å²) in [5.74, 6) is 0.804. The molecule has 4 aromatic carbocycles. The van der Waals surface area contributed by atoms with Crippen molar-refractivity contribution < 1.29 is 33.4 Å². The first kappa shape index (κ1) is 35.0. The average Bonchev–Trinajstić information content (AvgIpc) is 3.57. The van der Waals surface area contributed by atoms with E-state index in [-0.39, 0.29) is 24.1 Å². The van der Waals surface area contributed by atoms with E-state index < -0.39 is 7.60 Å². The van der Waals surface area contributed by atoms with Crippen LogP contribution in [-0.2, 0) is 11.0 Å². The summed E-state index contributed by atoms with van der Waals surface area (Å²) in [6.07, 6.45) is -0.156. The van der Waals surface area contributed by atoms with E-state index in [9.17, 15) is 23.9 Å². The molecule has 248 valence electrons. The summed E-state index contributed by atoms with van der Waals surface area (Å²) >= 11 is 11.8. The van der Waals surface area contributed by atoms with Crippen LogP contribution in [0.3, 0.4) is 0 Å². The molecule has 0 aliphatic heterocycles. The molecular formula is C36H33Cl2N2O7P. The van der Waals surface area contributed by atoms with Gasteiger partial charge in [-0.1, -0.05) is 29.3 Å². The van der Waals surface area contributed by atoms with Crippen molar-refractivity contribution in [3.63, 3.8) is 0 Å². The van der Waals surface area contributed by atoms with Gasteiger partial charge in [0.1, 0.15) is 11.5 Å². The van der Waals surface area contributed by atoms with Crippen molar-refractivity contribution in [2.45, 2.75) is 20.3 Å². The maximum Gasteiger partial charge on any atom is 0.325 e. The number of fused-ring (bicyclic) bond motifs is 2. The summed E-state index contributed by atoms with van der Waals surface area (Å²) in [4.78, 5) is 51.0. The zero-order valence-electron chi connectivity index (χ0n) is 26.6. The molecule has 0 aliphatic carbocycles.